The van der Waals surface area contributed by atoms with Crippen molar-refractivity contribution in [3.63, 3.8) is 0 Å². The summed E-state index contributed by atoms with van der Waals surface area (Å²) in [6.45, 7) is 2.56. The molecule has 0 amide bonds. The number of nitrogen functional groups attached to an aromatic ring is 1. The van der Waals surface area contributed by atoms with E-state index in [4.69, 9.17) is 10.5 Å². The van der Waals surface area contributed by atoms with Crippen molar-refractivity contribution in [2.75, 3.05) is 12.3 Å². The van der Waals surface area contributed by atoms with Crippen LogP contribution in [0.3, 0.4) is 0 Å². The van der Waals surface area contributed by atoms with Gasteiger partial charge >= 0.3 is 0 Å². The summed E-state index contributed by atoms with van der Waals surface area (Å²) in [5, 5.41) is 0.417. The van der Waals surface area contributed by atoms with Crippen LogP contribution >= 0.6 is 0 Å². The molecule has 0 fully saturated rings. The van der Waals surface area contributed by atoms with Gasteiger partial charge in [0, 0.05) is 6.54 Å². The van der Waals surface area contributed by atoms with Crippen LogP contribution in [0.2, 0.25) is 0 Å². The third-order valence-electron chi connectivity index (χ3n) is 4.63. The van der Waals surface area contributed by atoms with Gasteiger partial charge in [0.15, 0.2) is 22.7 Å². The molecule has 0 radical (unpaired) electrons. The molecule has 4 aromatic rings. The number of nitrogens with two attached hydrogens (primary N) is 1. The quantitative estimate of drug-likeness (QED) is 0.576. The molecule has 6 nitrogen and oxygen atoms in total. The van der Waals surface area contributed by atoms with Crippen LogP contribution in [0.25, 0.3) is 22.1 Å². The van der Waals surface area contributed by atoms with Crippen LogP contribution in [0.1, 0.15) is 12.5 Å². The van der Waals surface area contributed by atoms with Crippen LogP contribution in [-0.2, 0) is 13.0 Å². The molecule has 142 valence electrons. The van der Waals surface area contributed by atoms with Crippen LogP contribution in [-0.4, -0.2) is 21.1 Å². The topological polar surface area (TPSA) is 83.0 Å². The van der Waals surface area contributed by atoms with E-state index in [2.05, 4.69) is 9.97 Å². The molecule has 0 aliphatic heterocycles. The van der Waals surface area contributed by atoms with E-state index in [1.807, 2.05) is 6.92 Å². The summed E-state index contributed by atoms with van der Waals surface area (Å²) in [5.41, 5.74) is 7.75. The number of aromatic nitrogens is 3. The summed E-state index contributed by atoms with van der Waals surface area (Å²) in [7, 11) is 0. The second-order valence-corrected chi connectivity index (χ2v) is 6.36. The van der Waals surface area contributed by atoms with Crippen molar-refractivity contribution >= 4 is 27.9 Å². The lowest BCUT2D eigenvalue weighted by atomic mass is 10.1. The highest BCUT2D eigenvalue weighted by atomic mass is 19.1. The van der Waals surface area contributed by atoms with Gasteiger partial charge in [-0.2, -0.15) is 0 Å². The Labute approximate surface area is 160 Å². The van der Waals surface area contributed by atoms with E-state index in [0.29, 0.717) is 58.8 Å². The van der Waals surface area contributed by atoms with E-state index >= 15 is 0 Å². The molecule has 0 unspecified atom stereocenters. The average molecular weight is 378 g/mol. The Kier molecular flexibility index (Phi) is 4.65. The lowest BCUT2D eigenvalue weighted by Gasteiger charge is -2.08. The van der Waals surface area contributed by atoms with Crippen LogP contribution in [0, 0.1) is 5.82 Å². The smallest absolute Gasteiger partial charge is 0.279 e. The Morgan fingerprint density at radius 3 is 2.64 bits per heavy atom. The first kappa shape index (κ1) is 17.9. The van der Waals surface area contributed by atoms with Crippen molar-refractivity contribution in [2.45, 2.75) is 19.9 Å². The number of fused-ring (bicyclic) bond motifs is 2. The Bertz CT molecular complexity index is 1240. The molecule has 2 N–H and O–H groups in total. The first-order valence-corrected chi connectivity index (χ1v) is 9.05. The molecule has 0 atom stereocenters. The molecule has 4 rings (SSSR count). The van der Waals surface area contributed by atoms with Crippen LogP contribution in [0.4, 0.5) is 10.2 Å². The molecule has 0 saturated carbocycles. The third kappa shape index (κ3) is 3.05. The number of hydrogen-bond acceptors (Lipinski definition) is 5. The summed E-state index contributed by atoms with van der Waals surface area (Å²) in [6.07, 6.45) is 0.411. The molecular weight excluding hydrogens is 359 g/mol. The van der Waals surface area contributed by atoms with Crippen molar-refractivity contribution in [3.8, 4) is 5.75 Å². The largest absolute Gasteiger partial charge is 0.488 e. The molecule has 2 heterocycles. The maximum Gasteiger partial charge on any atom is 0.279 e. The van der Waals surface area contributed by atoms with Crippen LogP contribution in [0.15, 0.2) is 53.3 Å². The maximum atomic E-state index is 14.0. The SMILES string of the molecule is CCOc1c(N)n(CCc2ccccc2F)c2nc3ccccc3c(=O)nc12. The zero-order valence-electron chi connectivity index (χ0n) is 15.4. The van der Waals surface area contributed by atoms with E-state index in [0.717, 1.165) is 0 Å². The lowest BCUT2D eigenvalue weighted by molar-refractivity contribution is 0.344. The van der Waals surface area contributed by atoms with Gasteiger partial charge in [-0.05, 0) is 37.1 Å². The van der Waals surface area contributed by atoms with Gasteiger partial charge < -0.3 is 15.0 Å². The van der Waals surface area contributed by atoms with Crippen molar-refractivity contribution in [1.82, 2.24) is 14.5 Å². The first-order valence-electron chi connectivity index (χ1n) is 9.05. The summed E-state index contributed by atoms with van der Waals surface area (Å²) in [6, 6.07) is 13.6. The second-order valence-electron chi connectivity index (χ2n) is 6.36. The van der Waals surface area contributed by atoms with Gasteiger partial charge in [-0.25, -0.2) is 14.4 Å². The Hall–Kier alpha value is -3.48. The third-order valence-corrected chi connectivity index (χ3v) is 4.63. The van der Waals surface area contributed by atoms with Gasteiger partial charge in [-0.15, -0.1) is 0 Å². The normalized spacial score (nSPS) is 11.2. The molecule has 2 aromatic heterocycles. The van der Waals surface area contributed by atoms with E-state index < -0.39 is 5.56 Å². The number of anilines is 1. The van der Waals surface area contributed by atoms with E-state index in [9.17, 15) is 9.18 Å². The lowest BCUT2D eigenvalue weighted by Crippen LogP contribution is -2.07. The molecule has 0 aliphatic rings. The molecular formula is C21H19FN4O2. The Balaban J connectivity index is 1.93. The first-order chi connectivity index (χ1) is 13.6. The van der Waals surface area contributed by atoms with Gasteiger partial charge in [0.05, 0.1) is 17.5 Å². The highest BCUT2D eigenvalue weighted by molar-refractivity contribution is 5.90. The number of benzene rings is 2. The standard InChI is InChI=1S/C21H19FN4O2/c1-2-28-18-17-20(24-16-10-6-4-8-14(16)21(27)25-17)26(19(18)23)12-11-13-7-3-5-9-15(13)22/h3-10H,2,11-12,23H2,1H3. The van der Waals surface area contributed by atoms with Gasteiger partial charge in [0.2, 0.25) is 0 Å². The molecule has 2 aromatic carbocycles. The number of ether oxygens (including phenoxy) is 1. The van der Waals surface area contributed by atoms with Crippen molar-refractivity contribution in [3.05, 3.63) is 70.3 Å². The molecule has 7 heteroatoms. The Morgan fingerprint density at radius 1 is 1.11 bits per heavy atom. The predicted molar refractivity (Wildman–Crippen MR) is 107 cm³/mol. The molecule has 0 aliphatic carbocycles. The minimum absolute atomic E-state index is 0.272. The van der Waals surface area contributed by atoms with Crippen molar-refractivity contribution in [1.29, 1.82) is 0 Å². The Morgan fingerprint density at radius 2 is 1.86 bits per heavy atom. The highest BCUT2D eigenvalue weighted by Crippen LogP contribution is 2.33. The predicted octanol–water partition coefficient (Wildman–Crippen LogP) is 3.31. The van der Waals surface area contributed by atoms with Gasteiger partial charge in [0.1, 0.15) is 5.82 Å². The fourth-order valence-corrected chi connectivity index (χ4v) is 3.28. The summed E-state index contributed by atoms with van der Waals surface area (Å²) in [4.78, 5) is 21.5. The number of aryl methyl sites for hydroxylation is 2. The fourth-order valence-electron chi connectivity index (χ4n) is 3.28. The van der Waals surface area contributed by atoms with E-state index in [1.54, 1.807) is 47.0 Å². The van der Waals surface area contributed by atoms with Gasteiger partial charge in [-0.1, -0.05) is 30.3 Å². The summed E-state index contributed by atoms with van der Waals surface area (Å²) in [5.74, 6) is 0.380. The summed E-state index contributed by atoms with van der Waals surface area (Å²) >= 11 is 0. The number of para-hydroxylation sites is 1. The number of halogens is 1. The highest BCUT2D eigenvalue weighted by Gasteiger charge is 2.20. The van der Waals surface area contributed by atoms with Gasteiger partial charge in [0.25, 0.3) is 5.56 Å². The number of hydrogen-bond donors (Lipinski definition) is 1. The zero-order chi connectivity index (χ0) is 19.7. The van der Waals surface area contributed by atoms with Gasteiger partial charge in [-0.3, -0.25) is 4.79 Å². The molecule has 28 heavy (non-hydrogen) atoms. The minimum Gasteiger partial charge on any atom is -0.488 e. The number of nitrogens with zero attached hydrogens (tertiary/aromatic N) is 3. The zero-order valence-corrected chi connectivity index (χ0v) is 15.4. The average Bonchev–Trinajstić information content (AvgIpc) is 2.84. The molecule has 0 spiro atoms. The molecule has 0 bridgehead atoms. The minimum atomic E-state index is -0.398. The second kappa shape index (κ2) is 7.26. The van der Waals surface area contributed by atoms with E-state index in [1.165, 1.54) is 6.07 Å². The maximum absolute atomic E-state index is 14.0. The fraction of sp³-hybridized carbons (Fsp3) is 0.190. The van der Waals surface area contributed by atoms with Crippen molar-refractivity contribution < 1.29 is 9.13 Å². The van der Waals surface area contributed by atoms with E-state index in [-0.39, 0.29) is 5.82 Å². The van der Waals surface area contributed by atoms with Crippen LogP contribution < -0.4 is 16.0 Å². The van der Waals surface area contributed by atoms with Crippen LogP contribution in [0.5, 0.6) is 5.75 Å². The monoisotopic (exact) mass is 378 g/mol. The molecule has 0 saturated heterocycles. The summed E-state index contributed by atoms with van der Waals surface area (Å²) < 4.78 is 21.4. The van der Waals surface area contributed by atoms with Crippen molar-refractivity contribution in [2.24, 2.45) is 0 Å². The number of rotatable bonds is 5.